The molecule has 2 rings (SSSR count). The van der Waals surface area contributed by atoms with Gasteiger partial charge in [-0.1, -0.05) is 31.4 Å². The van der Waals surface area contributed by atoms with E-state index in [-0.39, 0.29) is 17.6 Å². The largest absolute Gasteiger partial charge is 0.489 e. The summed E-state index contributed by atoms with van der Waals surface area (Å²) in [6, 6.07) is 7.52. The monoisotopic (exact) mass is 290 g/mol. The summed E-state index contributed by atoms with van der Waals surface area (Å²) in [5.41, 5.74) is 6.72. The number of benzene rings is 1. The molecule has 3 N–H and O–H groups in total. The van der Waals surface area contributed by atoms with Crippen molar-refractivity contribution in [3.63, 3.8) is 0 Å². The molecule has 0 spiro atoms. The van der Waals surface area contributed by atoms with Crippen molar-refractivity contribution in [3.8, 4) is 5.75 Å². The number of para-hydroxylation sites is 2. The predicted octanol–water partition coefficient (Wildman–Crippen LogP) is 3.46. The molecule has 21 heavy (non-hydrogen) atoms. The van der Waals surface area contributed by atoms with Crippen LogP contribution in [-0.4, -0.2) is 17.6 Å². The van der Waals surface area contributed by atoms with Gasteiger partial charge >= 0.3 is 0 Å². The molecule has 0 heterocycles. The van der Waals surface area contributed by atoms with E-state index in [4.69, 9.17) is 10.5 Å². The fourth-order valence-electron chi connectivity index (χ4n) is 2.87. The molecular formula is C17H26N2O2. The first-order chi connectivity index (χ1) is 9.98. The van der Waals surface area contributed by atoms with E-state index in [2.05, 4.69) is 5.32 Å². The molecule has 1 aliphatic rings. The number of anilines is 1. The zero-order valence-electron chi connectivity index (χ0n) is 13.0. The Balaban J connectivity index is 1.99. The van der Waals surface area contributed by atoms with Crippen LogP contribution in [0.2, 0.25) is 0 Å². The molecule has 4 nitrogen and oxygen atoms in total. The maximum absolute atomic E-state index is 12.3. The third kappa shape index (κ3) is 4.74. The highest BCUT2D eigenvalue weighted by molar-refractivity contribution is 5.93. The van der Waals surface area contributed by atoms with Crippen LogP contribution in [0.5, 0.6) is 5.75 Å². The van der Waals surface area contributed by atoms with Crippen LogP contribution in [0, 0.1) is 0 Å². The summed E-state index contributed by atoms with van der Waals surface area (Å²) >= 11 is 0. The summed E-state index contributed by atoms with van der Waals surface area (Å²) in [5.74, 6) is 0.676. The first-order valence-electron chi connectivity index (χ1n) is 7.83. The molecule has 1 saturated carbocycles. The van der Waals surface area contributed by atoms with Gasteiger partial charge in [0.15, 0.2) is 0 Å². The normalized spacial score (nSPS) is 17.5. The molecule has 116 valence electrons. The number of amides is 1. The van der Waals surface area contributed by atoms with E-state index >= 15 is 0 Å². The molecule has 1 fully saturated rings. The second-order valence-corrected chi connectivity index (χ2v) is 6.31. The maximum atomic E-state index is 12.3. The van der Waals surface area contributed by atoms with Crippen LogP contribution in [0.1, 0.15) is 52.4 Å². The SMILES string of the molecule is CC(C)Oc1ccccc1NC(=O)CC1(N)CCCCC1. The van der Waals surface area contributed by atoms with Gasteiger partial charge in [0.2, 0.25) is 5.91 Å². The number of ether oxygens (including phenoxy) is 1. The number of hydrogen-bond donors (Lipinski definition) is 2. The molecule has 0 aliphatic heterocycles. The van der Waals surface area contributed by atoms with Crippen molar-refractivity contribution >= 4 is 11.6 Å². The molecular weight excluding hydrogens is 264 g/mol. The zero-order chi connectivity index (χ0) is 15.3. The van der Waals surface area contributed by atoms with E-state index in [0.29, 0.717) is 12.2 Å². The molecule has 0 bridgehead atoms. The second kappa shape index (κ2) is 6.94. The molecule has 1 aromatic rings. The van der Waals surface area contributed by atoms with Gasteiger partial charge in [-0.25, -0.2) is 0 Å². The summed E-state index contributed by atoms with van der Waals surface area (Å²) in [5, 5.41) is 2.94. The Morgan fingerprint density at radius 1 is 1.29 bits per heavy atom. The Bertz CT molecular complexity index is 479. The number of carbonyl (C=O) groups is 1. The molecule has 1 aromatic carbocycles. The van der Waals surface area contributed by atoms with Crippen LogP contribution in [0.15, 0.2) is 24.3 Å². The minimum Gasteiger partial charge on any atom is -0.489 e. The van der Waals surface area contributed by atoms with Gasteiger partial charge in [0.05, 0.1) is 11.8 Å². The Hall–Kier alpha value is -1.55. The van der Waals surface area contributed by atoms with Gasteiger partial charge in [-0.15, -0.1) is 0 Å². The van der Waals surface area contributed by atoms with Crippen LogP contribution < -0.4 is 15.8 Å². The quantitative estimate of drug-likeness (QED) is 0.872. The highest BCUT2D eigenvalue weighted by atomic mass is 16.5. The minimum atomic E-state index is -0.337. The Labute approximate surface area is 127 Å². The van der Waals surface area contributed by atoms with Crippen LogP contribution in [0.3, 0.4) is 0 Å². The Morgan fingerprint density at radius 3 is 2.62 bits per heavy atom. The molecule has 0 unspecified atom stereocenters. The molecule has 1 aliphatic carbocycles. The number of carbonyl (C=O) groups excluding carboxylic acids is 1. The van der Waals surface area contributed by atoms with Gasteiger partial charge in [0, 0.05) is 12.0 Å². The molecule has 4 heteroatoms. The maximum Gasteiger partial charge on any atom is 0.226 e. The van der Waals surface area contributed by atoms with Crippen molar-refractivity contribution in [2.45, 2.75) is 64.0 Å². The number of nitrogens with two attached hydrogens (primary N) is 1. The summed E-state index contributed by atoms with van der Waals surface area (Å²) < 4.78 is 5.72. The fourth-order valence-corrected chi connectivity index (χ4v) is 2.87. The number of hydrogen-bond acceptors (Lipinski definition) is 3. The molecule has 0 radical (unpaired) electrons. The molecule has 0 saturated heterocycles. The van der Waals surface area contributed by atoms with E-state index in [9.17, 15) is 4.79 Å². The molecule has 0 atom stereocenters. The van der Waals surface area contributed by atoms with Crippen molar-refractivity contribution < 1.29 is 9.53 Å². The fraction of sp³-hybridized carbons (Fsp3) is 0.588. The topological polar surface area (TPSA) is 64.3 Å². The van der Waals surface area contributed by atoms with Crippen molar-refractivity contribution in [1.29, 1.82) is 0 Å². The lowest BCUT2D eigenvalue weighted by Crippen LogP contribution is -2.44. The number of rotatable bonds is 5. The Kier molecular flexibility index (Phi) is 5.23. The van der Waals surface area contributed by atoms with E-state index in [1.165, 1.54) is 6.42 Å². The lowest BCUT2D eigenvalue weighted by molar-refractivity contribution is -0.117. The highest BCUT2D eigenvalue weighted by Crippen LogP contribution is 2.30. The van der Waals surface area contributed by atoms with Crippen LogP contribution in [0.4, 0.5) is 5.69 Å². The molecule has 1 amide bonds. The lowest BCUT2D eigenvalue weighted by Gasteiger charge is -2.32. The van der Waals surface area contributed by atoms with Crippen LogP contribution in [-0.2, 0) is 4.79 Å². The minimum absolute atomic E-state index is 0.0285. The van der Waals surface area contributed by atoms with Crippen LogP contribution >= 0.6 is 0 Å². The van der Waals surface area contributed by atoms with Gasteiger partial charge in [-0.3, -0.25) is 4.79 Å². The smallest absolute Gasteiger partial charge is 0.226 e. The standard InChI is InChI=1S/C17H26N2O2/c1-13(2)21-15-9-5-4-8-14(15)19-16(20)12-17(18)10-6-3-7-11-17/h4-5,8-9,13H,3,6-7,10-12,18H2,1-2H3,(H,19,20). The average molecular weight is 290 g/mol. The highest BCUT2D eigenvalue weighted by Gasteiger charge is 2.30. The summed E-state index contributed by atoms with van der Waals surface area (Å²) in [4.78, 5) is 12.3. The second-order valence-electron chi connectivity index (χ2n) is 6.31. The Morgan fingerprint density at radius 2 is 1.95 bits per heavy atom. The molecule has 0 aromatic heterocycles. The lowest BCUT2D eigenvalue weighted by atomic mass is 9.80. The van der Waals surface area contributed by atoms with Gasteiger partial charge < -0.3 is 15.8 Å². The van der Waals surface area contributed by atoms with Crippen LogP contribution in [0.25, 0.3) is 0 Å². The van der Waals surface area contributed by atoms with Gasteiger partial charge in [-0.2, -0.15) is 0 Å². The summed E-state index contributed by atoms with van der Waals surface area (Å²) in [7, 11) is 0. The third-order valence-corrected chi connectivity index (χ3v) is 3.89. The summed E-state index contributed by atoms with van der Waals surface area (Å²) in [6.07, 6.45) is 5.79. The third-order valence-electron chi connectivity index (χ3n) is 3.89. The number of nitrogens with one attached hydrogen (secondary N) is 1. The van der Waals surface area contributed by atoms with E-state index in [1.807, 2.05) is 38.1 Å². The first-order valence-corrected chi connectivity index (χ1v) is 7.83. The predicted molar refractivity (Wildman–Crippen MR) is 85.5 cm³/mol. The van der Waals surface area contributed by atoms with Gasteiger partial charge in [0.25, 0.3) is 0 Å². The van der Waals surface area contributed by atoms with Crippen molar-refractivity contribution in [2.24, 2.45) is 5.73 Å². The van der Waals surface area contributed by atoms with Crippen molar-refractivity contribution in [3.05, 3.63) is 24.3 Å². The van der Waals surface area contributed by atoms with E-state index in [0.717, 1.165) is 31.4 Å². The van der Waals surface area contributed by atoms with Gasteiger partial charge in [0.1, 0.15) is 5.75 Å². The average Bonchev–Trinajstić information content (AvgIpc) is 2.40. The summed E-state index contributed by atoms with van der Waals surface area (Å²) in [6.45, 7) is 3.94. The van der Waals surface area contributed by atoms with E-state index in [1.54, 1.807) is 0 Å². The van der Waals surface area contributed by atoms with Gasteiger partial charge in [-0.05, 0) is 38.8 Å². The van der Waals surface area contributed by atoms with Crippen molar-refractivity contribution in [1.82, 2.24) is 0 Å². The first kappa shape index (κ1) is 15.8. The van der Waals surface area contributed by atoms with Crippen molar-refractivity contribution in [2.75, 3.05) is 5.32 Å². The zero-order valence-corrected chi connectivity index (χ0v) is 13.0. The van der Waals surface area contributed by atoms with E-state index < -0.39 is 0 Å².